The van der Waals surface area contributed by atoms with Gasteiger partial charge in [0.05, 0.1) is 0 Å². The van der Waals surface area contributed by atoms with Gasteiger partial charge in [-0.2, -0.15) is 0 Å². The van der Waals surface area contributed by atoms with Gasteiger partial charge in [0.25, 0.3) is 0 Å². The molecule has 0 heterocycles. The lowest BCUT2D eigenvalue weighted by Gasteiger charge is -1.97. The van der Waals surface area contributed by atoms with Crippen molar-refractivity contribution in [3.63, 3.8) is 0 Å². The Balaban J connectivity index is 2.65. The van der Waals surface area contributed by atoms with Crippen LogP contribution in [-0.2, 0) is 0 Å². The van der Waals surface area contributed by atoms with Gasteiger partial charge in [-0.3, -0.25) is 0 Å². The predicted octanol–water partition coefficient (Wildman–Crippen LogP) is 3.95. The number of rotatable bonds is 7. The molecule has 1 radical (unpaired) electrons. The largest absolute Gasteiger partial charge is 0.0928 e. The lowest BCUT2D eigenvalue weighted by atomic mass is 10.1. The first kappa shape index (κ1) is 10.5. The summed E-state index contributed by atoms with van der Waals surface area (Å²) in [5.74, 6) is 0. The van der Waals surface area contributed by atoms with E-state index in [9.17, 15) is 0 Å². The molecule has 61 valence electrons. The predicted molar refractivity (Wildman–Crippen MR) is 51.5 cm³/mol. The van der Waals surface area contributed by atoms with Crippen molar-refractivity contribution in [2.24, 2.45) is 0 Å². The van der Waals surface area contributed by atoms with Crippen molar-refractivity contribution < 1.29 is 0 Å². The van der Waals surface area contributed by atoms with Gasteiger partial charge in [0.1, 0.15) is 0 Å². The van der Waals surface area contributed by atoms with Crippen LogP contribution < -0.4 is 0 Å². The molecule has 0 bridgehead atoms. The smallest absolute Gasteiger partial charge is 0.00313 e. The van der Waals surface area contributed by atoms with Crippen LogP contribution in [0.1, 0.15) is 45.4 Å². The third-order valence-corrected chi connectivity index (χ3v) is 2.10. The second-order valence-electron chi connectivity index (χ2n) is 2.62. The molecule has 0 saturated heterocycles. The molecule has 0 aliphatic heterocycles. The fourth-order valence-electron chi connectivity index (χ4n) is 0.908. The molecule has 0 aliphatic rings. The maximum atomic E-state index is 3.42. The monoisotopic (exact) mass is 205 g/mol. The summed E-state index contributed by atoms with van der Waals surface area (Å²) in [5, 5.41) is 1.17. The van der Waals surface area contributed by atoms with Gasteiger partial charge in [-0.05, 0) is 12.8 Å². The number of hydrogen-bond donors (Lipinski definition) is 0. The second-order valence-corrected chi connectivity index (χ2v) is 3.41. The summed E-state index contributed by atoms with van der Waals surface area (Å²) in [7, 11) is 0. The molecule has 0 rings (SSSR count). The highest BCUT2D eigenvalue weighted by molar-refractivity contribution is 9.09. The Morgan fingerprint density at radius 2 is 1.90 bits per heavy atom. The summed E-state index contributed by atoms with van der Waals surface area (Å²) >= 11 is 3.42. The fraction of sp³-hybridized carbons (Fsp3) is 0.889. The number of unbranched alkanes of at least 4 members (excludes halogenated alkanes) is 6. The summed E-state index contributed by atoms with van der Waals surface area (Å²) in [4.78, 5) is 0. The average molecular weight is 206 g/mol. The van der Waals surface area contributed by atoms with Gasteiger partial charge in [-0.1, -0.05) is 55.0 Å². The van der Waals surface area contributed by atoms with Crippen molar-refractivity contribution in [1.29, 1.82) is 0 Å². The molecular formula is C9H18Br. The fourth-order valence-corrected chi connectivity index (χ4v) is 1.30. The van der Waals surface area contributed by atoms with E-state index in [1.54, 1.807) is 0 Å². The molecule has 0 saturated carbocycles. The van der Waals surface area contributed by atoms with E-state index >= 15 is 0 Å². The molecule has 0 nitrogen and oxygen atoms in total. The SMILES string of the molecule is CCC[CH]CCCCCBr. The third-order valence-electron chi connectivity index (χ3n) is 1.53. The zero-order valence-electron chi connectivity index (χ0n) is 6.91. The van der Waals surface area contributed by atoms with E-state index in [1.807, 2.05) is 0 Å². The number of alkyl halides is 1. The molecule has 0 aromatic rings. The van der Waals surface area contributed by atoms with Crippen LogP contribution in [0, 0.1) is 6.42 Å². The zero-order valence-corrected chi connectivity index (χ0v) is 8.49. The van der Waals surface area contributed by atoms with E-state index in [0.29, 0.717) is 0 Å². The lowest BCUT2D eigenvalue weighted by molar-refractivity contribution is 0.692. The molecule has 10 heavy (non-hydrogen) atoms. The Bertz CT molecular complexity index is 44.7. The number of halogens is 1. The highest BCUT2D eigenvalue weighted by Gasteiger charge is 1.88. The molecule has 0 aromatic heterocycles. The van der Waals surface area contributed by atoms with E-state index in [-0.39, 0.29) is 0 Å². The molecule has 0 fully saturated rings. The molecule has 0 aromatic carbocycles. The van der Waals surface area contributed by atoms with Crippen molar-refractivity contribution >= 4 is 15.9 Å². The lowest BCUT2D eigenvalue weighted by Crippen LogP contribution is -1.80. The summed E-state index contributed by atoms with van der Waals surface area (Å²) < 4.78 is 0. The molecule has 0 aliphatic carbocycles. The molecular weight excluding hydrogens is 188 g/mol. The van der Waals surface area contributed by atoms with Gasteiger partial charge >= 0.3 is 0 Å². The summed E-state index contributed by atoms with van der Waals surface area (Å²) in [6, 6.07) is 0. The first-order chi connectivity index (χ1) is 4.91. The second kappa shape index (κ2) is 9.48. The van der Waals surface area contributed by atoms with E-state index < -0.39 is 0 Å². The van der Waals surface area contributed by atoms with Crippen LogP contribution in [-0.4, -0.2) is 5.33 Å². The average Bonchev–Trinajstić information content (AvgIpc) is 1.97. The van der Waals surface area contributed by atoms with Crippen molar-refractivity contribution in [2.45, 2.75) is 45.4 Å². The maximum Gasteiger partial charge on any atom is 0.00313 e. The van der Waals surface area contributed by atoms with Gasteiger partial charge in [0.2, 0.25) is 0 Å². The Morgan fingerprint density at radius 3 is 2.50 bits per heavy atom. The number of hydrogen-bond acceptors (Lipinski definition) is 0. The maximum absolute atomic E-state index is 3.42. The standard InChI is InChI=1S/C9H18Br/c1-2-3-4-5-6-7-8-9-10/h4H,2-3,5-9H2,1H3. The van der Waals surface area contributed by atoms with E-state index in [4.69, 9.17) is 0 Å². The topological polar surface area (TPSA) is 0 Å². The van der Waals surface area contributed by atoms with Crippen LogP contribution >= 0.6 is 15.9 Å². The van der Waals surface area contributed by atoms with Crippen molar-refractivity contribution in [3.05, 3.63) is 6.42 Å². The highest BCUT2D eigenvalue weighted by atomic mass is 79.9. The van der Waals surface area contributed by atoms with Crippen molar-refractivity contribution in [1.82, 2.24) is 0 Å². The minimum Gasteiger partial charge on any atom is -0.0928 e. The zero-order chi connectivity index (χ0) is 7.66. The minimum atomic E-state index is 1.17. The first-order valence-electron chi connectivity index (χ1n) is 4.29. The van der Waals surface area contributed by atoms with E-state index in [1.165, 1.54) is 43.9 Å². The van der Waals surface area contributed by atoms with Gasteiger partial charge in [-0.25, -0.2) is 0 Å². The van der Waals surface area contributed by atoms with Gasteiger partial charge in [0, 0.05) is 5.33 Å². The molecule has 0 atom stereocenters. The normalized spacial score (nSPS) is 10.2. The molecule has 1 heteroatoms. The van der Waals surface area contributed by atoms with Gasteiger partial charge in [-0.15, -0.1) is 0 Å². The molecule has 0 N–H and O–H groups in total. The van der Waals surface area contributed by atoms with Crippen LogP contribution in [0.4, 0.5) is 0 Å². The summed E-state index contributed by atoms with van der Waals surface area (Å²) in [6.07, 6.45) is 10.4. The Labute approximate surface area is 73.5 Å². The molecule has 0 unspecified atom stereocenters. The van der Waals surface area contributed by atoms with Crippen LogP contribution in [0.2, 0.25) is 0 Å². The van der Waals surface area contributed by atoms with Crippen LogP contribution in [0.5, 0.6) is 0 Å². The van der Waals surface area contributed by atoms with Crippen molar-refractivity contribution in [3.8, 4) is 0 Å². The van der Waals surface area contributed by atoms with Crippen LogP contribution in [0.3, 0.4) is 0 Å². The Hall–Kier alpha value is 0.480. The van der Waals surface area contributed by atoms with Crippen molar-refractivity contribution in [2.75, 3.05) is 5.33 Å². The Morgan fingerprint density at radius 1 is 1.10 bits per heavy atom. The van der Waals surface area contributed by atoms with Crippen LogP contribution in [0.15, 0.2) is 0 Å². The first-order valence-corrected chi connectivity index (χ1v) is 5.41. The third kappa shape index (κ3) is 8.48. The molecule has 0 spiro atoms. The minimum absolute atomic E-state index is 1.17. The highest BCUT2D eigenvalue weighted by Crippen LogP contribution is 2.06. The summed E-state index contributed by atoms with van der Waals surface area (Å²) in [6.45, 7) is 2.23. The summed E-state index contributed by atoms with van der Waals surface area (Å²) in [5.41, 5.74) is 0. The van der Waals surface area contributed by atoms with E-state index in [2.05, 4.69) is 29.3 Å². The van der Waals surface area contributed by atoms with Crippen LogP contribution in [0.25, 0.3) is 0 Å². The quantitative estimate of drug-likeness (QED) is 0.437. The molecule has 0 amide bonds. The Kier molecular flexibility index (Phi) is 9.94. The van der Waals surface area contributed by atoms with Gasteiger partial charge in [0.15, 0.2) is 0 Å². The van der Waals surface area contributed by atoms with E-state index in [0.717, 1.165) is 0 Å². The van der Waals surface area contributed by atoms with Gasteiger partial charge < -0.3 is 0 Å².